The van der Waals surface area contributed by atoms with E-state index in [1.807, 2.05) is 30.3 Å². The van der Waals surface area contributed by atoms with Crippen molar-refractivity contribution in [2.24, 2.45) is 0 Å². The molecule has 5 rings (SSSR count). The van der Waals surface area contributed by atoms with Gasteiger partial charge in [0.25, 0.3) is 5.91 Å². The molecule has 8 heteroatoms. The normalized spacial score (nSPS) is 10.7. The zero-order chi connectivity index (χ0) is 21.0. The van der Waals surface area contributed by atoms with E-state index in [4.69, 9.17) is 4.74 Å². The molecule has 1 amide bonds. The number of aromatic nitrogens is 5. The quantitative estimate of drug-likeness (QED) is 0.445. The summed E-state index contributed by atoms with van der Waals surface area (Å²) in [5.74, 6) is 0.635. The molecule has 0 aliphatic carbocycles. The van der Waals surface area contributed by atoms with Gasteiger partial charge in [0.2, 0.25) is 5.88 Å². The Morgan fingerprint density at radius 3 is 2.84 bits per heavy atom. The highest BCUT2D eigenvalue weighted by molar-refractivity contribution is 6.05. The fourth-order valence-electron chi connectivity index (χ4n) is 3.15. The zero-order valence-corrected chi connectivity index (χ0v) is 16.2. The van der Waals surface area contributed by atoms with Gasteiger partial charge in [-0.2, -0.15) is 5.10 Å². The summed E-state index contributed by atoms with van der Waals surface area (Å²) in [6, 6.07) is 17.9. The summed E-state index contributed by atoms with van der Waals surface area (Å²) in [6.45, 7) is 0. The van der Waals surface area contributed by atoms with Crippen molar-refractivity contribution in [3.8, 4) is 22.9 Å². The number of anilines is 1. The van der Waals surface area contributed by atoms with Crippen molar-refractivity contribution in [1.82, 2.24) is 25.1 Å². The van der Waals surface area contributed by atoms with Crippen LogP contribution in [0.25, 0.3) is 22.2 Å². The average molecular weight is 408 g/mol. The Morgan fingerprint density at radius 2 is 1.94 bits per heavy atom. The van der Waals surface area contributed by atoms with Crippen LogP contribution in [-0.4, -0.2) is 31.1 Å². The van der Waals surface area contributed by atoms with Crippen molar-refractivity contribution in [1.29, 1.82) is 0 Å². The van der Waals surface area contributed by atoms with Crippen molar-refractivity contribution in [2.75, 3.05) is 5.32 Å². The number of aromatic amines is 1. The van der Waals surface area contributed by atoms with E-state index >= 15 is 0 Å². The van der Waals surface area contributed by atoms with Gasteiger partial charge < -0.3 is 10.1 Å². The Hall–Kier alpha value is -4.59. The molecule has 0 atom stereocenters. The number of hydrogen-bond acceptors (Lipinski definition) is 6. The Morgan fingerprint density at radius 1 is 0.968 bits per heavy atom. The second-order valence-corrected chi connectivity index (χ2v) is 6.71. The number of hydrogen-bond donors (Lipinski definition) is 2. The third-order valence-corrected chi connectivity index (χ3v) is 4.64. The summed E-state index contributed by atoms with van der Waals surface area (Å²) in [4.78, 5) is 25.3. The number of nitrogens with one attached hydrogen (secondary N) is 2. The average Bonchev–Trinajstić information content (AvgIpc) is 3.28. The van der Waals surface area contributed by atoms with E-state index in [-0.39, 0.29) is 5.91 Å². The van der Waals surface area contributed by atoms with Crippen molar-refractivity contribution in [3.05, 3.63) is 91.1 Å². The Bertz CT molecular complexity index is 1370. The second kappa shape index (κ2) is 8.03. The molecule has 2 aromatic carbocycles. The molecule has 2 N–H and O–H groups in total. The minimum absolute atomic E-state index is 0.249. The lowest BCUT2D eigenvalue weighted by Crippen LogP contribution is -2.11. The number of fused-ring (bicyclic) bond motifs is 1. The van der Waals surface area contributed by atoms with Crippen molar-refractivity contribution in [2.45, 2.75) is 0 Å². The molecule has 0 saturated carbocycles. The third kappa shape index (κ3) is 3.95. The van der Waals surface area contributed by atoms with Gasteiger partial charge in [0, 0.05) is 29.0 Å². The molecule has 3 aromatic heterocycles. The fraction of sp³-hybridized carbons (Fsp3) is 0. The van der Waals surface area contributed by atoms with E-state index in [2.05, 4.69) is 30.5 Å². The molecular formula is C23H16N6O2. The van der Waals surface area contributed by atoms with Gasteiger partial charge in [-0.25, -0.2) is 15.0 Å². The largest absolute Gasteiger partial charge is 0.438 e. The van der Waals surface area contributed by atoms with Crippen LogP contribution in [0.5, 0.6) is 11.6 Å². The van der Waals surface area contributed by atoms with E-state index in [1.165, 1.54) is 6.33 Å². The molecule has 31 heavy (non-hydrogen) atoms. The highest BCUT2D eigenvalue weighted by Crippen LogP contribution is 2.30. The van der Waals surface area contributed by atoms with Crippen LogP contribution < -0.4 is 10.1 Å². The number of pyridine rings is 1. The first-order valence-electron chi connectivity index (χ1n) is 9.50. The van der Waals surface area contributed by atoms with E-state index in [9.17, 15) is 4.79 Å². The van der Waals surface area contributed by atoms with Crippen molar-refractivity contribution in [3.63, 3.8) is 0 Å². The lowest BCUT2D eigenvalue weighted by molar-refractivity contribution is 0.102. The summed E-state index contributed by atoms with van der Waals surface area (Å²) in [5.41, 5.74) is 3.40. The molecule has 0 aliphatic rings. The van der Waals surface area contributed by atoms with Crippen LogP contribution in [0.3, 0.4) is 0 Å². The van der Waals surface area contributed by atoms with E-state index in [0.717, 1.165) is 16.5 Å². The van der Waals surface area contributed by atoms with Crippen LogP contribution in [0.4, 0.5) is 5.69 Å². The van der Waals surface area contributed by atoms with E-state index in [0.29, 0.717) is 28.6 Å². The van der Waals surface area contributed by atoms with E-state index in [1.54, 1.807) is 48.9 Å². The van der Waals surface area contributed by atoms with Gasteiger partial charge in [-0.15, -0.1) is 0 Å². The molecule has 0 unspecified atom stereocenters. The molecule has 0 saturated heterocycles. The number of carbonyl (C=O) groups excluding carboxylic acids is 1. The SMILES string of the molecule is O=C(Nc1ccc2cn[nH]c2c1)c1cccc(Oc2ncccc2-c2ccncn2)c1. The van der Waals surface area contributed by atoms with Crippen LogP contribution in [0, 0.1) is 0 Å². The van der Waals surface area contributed by atoms with Crippen LogP contribution in [0.1, 0.15) is 10.4 Å². The summed E-state index contributed by atoms with van der Waals surface area (Å²) >= 11 is 0. The van der Waals surface area contributed by atoms with Gasteiger partial charge >= 0.3 is 0 Å². The minimum atomic E-state index is -0.249. The maximum atomic E-state index is 12.8. The Balaban J connectivity index is 1.38. The smallest absolute Gasteiger partial charge is 0.255 e. The van der Waals surface area contributed by atoms with Gasteiger partial charge in [0.05, 0.1) is 23.0 Å². The zero-order valence-electron chi connectivity index (χ0n) is 16.2. The van der Waals surface area contributed by atoms with Gasteiger partial charge in [-0.3, -0.25) is 9.89 Å². The molecule has 0 bridgehead atoms. The van der Waals surface area contributed by atoms with Crippen LogP contribution in [0.15, 0.2) is 85.6 Å². The molecule has 0 fully saturated rings. The molecule has 5 aromatic rings. The summed E-state index contributed by atoms with van der Waals surface area (Å²) in [7, 11) is 0. The van der Waals surface area contributed by atoms with Crippen molar-refractivity contribution >= 4 is 22.5 Å². The predicted molar refractivity (Wildman–Crippen MR) is 116 cm³/mol. The molecule has 0 spiro atoms. The molecule has 8 nitrogen and oxygen atoms in total. The van der Waals surface area contributed by atoms with Crippen molar-refractivity contribution < 1.29 is 9.53 Å². The lowest BCUT2D eigenvalue weighted by atomic mass is 10.1. The number of ether oxygens (including phenoxy) is 1. The number of nitrogens with zero attached hydrogens (tertiary/aromatic N) is 4. The summed E-state index contributed by atoms with van der Waals surface area (Å²) < 4.78 is 5.99. The summed E-state index contributed by atoms with van der Waals surface area (Å²) in [6.07, 6.45) is 6.50. The molecule has 0 aliphatic heterocycles. The number of H-pyrrole nitrogens is 1. The fourth-order valence-corrected chi connectivity index (χ4v) is 3.15. The first-order chi connectivity index (χ1) is 15.3. The first-order valence-corrected chi connectivity index (χ1v) is 9.50. The maximum absolute atomic E-state index is 12.8. The molecule has 150 valence electrons. The molecule has 0 radical (unpaired) electrons. The highest BCUT2D eigenvalue weighted by atomic mass is 16.5. The van der Waals surface area contributed by atoms with E-state index < -0.39 is 0 Å². The molecule has 3 heterocycles. The Kier molecular flexibility index (Phi) is 4.78. The predicted octanol–water partition coefficient (Wildman–Crippen LogP) is 4.46. The maximum Gasteiger partial charge on any atom is 0.255 e. The standard InChI is InChI=1S/C23H16N6O2/c30-22(28-17-7-6-16-13-27-29-21(16)12-17)15-3-1-4-18(11-15)31-23-19(5-2-9-25-23)20-8-10-24-14-26-20/h1-14H,(H,27,29)(H,28,30). The van der Waals surface area contributed by atoms with Gasteiger partial charge in [0.15, 0.2) is 0 Å². The third-order valence-electron chi connectivity index (χ3n) is 4.64. The number of rotatable bonds is 5. The number of amides is 1. The minimum Gasteiger partial charge on any atom is -0.438 e. The molecular weight excluding hydrogens is 392 g/mol. The van der Waals surface area contributed by atoms with Gasteiger partial charge in [0.1, 0.15) is 12.1 Å². The first kappa shape index (κ1) is 18.4. The second-order valence-electron chi connectivity index (χ2n) is 6.71. The highest BCUT2D eigenvalue weighted by Gasteiger charge is 2.12. The lowest BCUT2D eigenvalue weighted by Gasteiger charge is -2.11. The summed E-state index contributed by atoms with van der Waals surface area (Å²) in [5, 5.41) is 10.8. The van der Waals surface area contributed by atoms with Crippen LogP contribution in [0.2, 0.25) is 0 Å². The van der Waals surface area contributed by atoms with Crippen LogP contribution in [-0.2, 0) is 0 Å². The number of benzene rings is 2. The Labute approximate surface area is 177 Å². The topological polar surface area (TPSA) is 106 Å². The van der Waals surface area contributed by atoms with Gasteiger partial charge in [-0.05, 0) is 54.6 Å². The monoisotopic (exact) mass is 408 g/mol. The number of carbonyl (C=O) groups is 1. The van der Waals surface area contributed by atoms with Crippen LogP contribution >= 0.6 is 0 Å². The van der Waals surface area contributed by atoms with Gasteiger partial charge in [-0.1, -0.05) is 6.07 Å².